The third-order valence-electron chi connectivity index (χ3n) is 2.48. The van der Waals surface area contributed by atoms with Gasteiger partial charge in [0.2, 0.25) is 5.89 Å². The SMILES string of the molecule is CC(Cl)c1noc(C(C)c2ccccc2)n1. The molecule has 0 aliphatic heterocycles. The summed E-state index contributed by atoms with van der Waals surface area (Å²) in [5.74, 6) is 1.24. The van der Waals surface area contributed by atoms with Crippen molar-refractivity contribution in [1.29, 1.82) is 0 Å². The normalized spacial score (nSPS) is 14.7. The van der Waals surface area contributed by atoms with Crippen LogP contribution in [-0.2, 0) is 0 Å². The van der Waals surface area contributed by atoms with E-state index in [9.17, 15) is 0 Å². The molecule has 84 valence electrons. The lowest BCUT2D eigenvalue weighted by molar-refractivity contribution is 0.365. The molecule has 1 heterocycles. The molecule has 0 bridgehead atoms. The molecule has 0 N–H and O–H groups in total. The molecule has 1 aromatic carbocycles. The molecule has 2 atom stereocenters. The molecule has 0 amide bonds. The zero-order chi connectivity index (χ0) is 11.5. The smallest absolute Gasteiger partial charge is 0.233 e. The summed E-state index contributed by atoms with van der Waals surface area (Å²) in [4.78, 5) is 4.28. The van der Waals surface area contributed by atoms with Gasteiger partial charge in [-0.25, -0.2) is 0 Å². The predicted molar refractivity (Wildman–Crippen MR) is 62.5 cm³/mol. The maximum atomic E-state index is 5.88. The van der Waals surface area contributed by atoms with Gasteiger partial charge in [0.25, 0.3) is 0 Å². The fraction of sp³-hybridized carbons (Fsp3) is 0.333. The van der Waals surface area contributed by atoms with E-state index in [-0.39, 0.29) is 11.3 Å². The molecule has 3 nitrogen and oxygen atoms in total. The largest absolute Gasteiger partial charge is 0.339 e. The Balaban J connectivity index is 2.24. The van der Waals surface area contributed by atoms with Crippen LogP contribution in [0.5, 0.6) is 0 Å². The Kier molecular flexibility index (Phi) is 3.25. The number of alkyl halides is 1. The van der Waals surface area contributed by atoms with Crippen LogP contribution in [0.25, 0.3) is 0 Å². The van der Waals surface area contributed by atoms with Crippen LogP contribution in [0.15, 0.2) is 34.9 Å². The van der Waals surface area contributed by atoms with Gasteiger partial charge in [0.1, 0.15) is 0 Å². The molecule has 0 aliphatic carbocycles. The molecule has 0 aliphatic rings. The number of rotatable bonds is 3. The van der Waals surface area contributed by atoms with Gasteiger partial charge in [0.15, 0.2) is 5.82 Å². The average molecular weight is 237 g/mol. The summed E-state index contributed by atoms with van der Waals surface area (Å²) < 4.78 is 5.20. The van der Waals surface area contributed by atoms with Crippen molar-refractivity contribution in [3.63, 3.8) is 0 Å². The van der Waals surface area contributed by atoms with E-state index in [2.05, 4.69) is 10.1 Å². The minimum Gasteiger partial charge on any atom is -0.339 e. The Morgan fingerprint density at radius 3 is 2.44 bits per heavy atom. The molecule has 1 aromatic heterocycles. The molecule has 16 heavy (non-hydrogen) atoms. The van der Waals surface area contributed by atoms with Crippen LogP contribution >= 0.6 is 11.6 Å². The minimum absolute atomic E-state index is 0.0952. The molecule has 0 radical (unpaired) electrons. The van der Waals surface area contributed by atoms with Crippen LogP contribution < -0.4 is 0 Å². The van der Waals surface area contributed by atoms with Crippen molar-refractivity contribution in [3.8, 4) is 0 Å². The van der Waals surface area contributed by atoms with Crippen LogP contribution in [0.1, 0.15) is 42.4 Å². The third kappa shape index (κ3) is 2.25. The zero-order valence-corrected chi connectivity index (χ0v) is 9.98. The van der Waals surface area contributed by atoms with Gasteiger partial charge in [-0.3, -0.25) is 0 Å². The number of hydrogen-bond donors (Lipinski definition) is 0. The van der Waals surface area contributed by atoms with Gasteiger partial charge in [-0.2, -0.15) is 4.98 Å². The zero-order valence-electron chi connectivity index (χ0n) is 9.22. The molecule has 0 spiro atoms. The second-order valence-electron chi connectivity index (χ2n) is 3.74. The molecule has 0 fully saturated rings. The number of nitrogens with zero attached hydrogens (tertiary/aromatic N) is 2. The van der Waals surface area contributed by atoms with Crippen LogP contribution in [0.2, 0.25) is 0 Å². The van der Waals surface area contributed by atoms with Crippen LogP contribution in [0, 0.1) is 0 Å². The highest BCUT2D eigenvalue weighted by molar-refractivity contribution is 6.20. The van der Waals surface area contributed by atoms with Crippen molar-refractivity contribution in [2.75, 3.05) is 0 Å². The topological polar surface area (TPSA) is 38.9 Å². The molecule has 2 aromatic rings. The summed E-state index contributed by atoms with van der Waals surface area (Å²) in [6.07, 6.45) is 0. The molecule has 0 saturated heterocycles. The summed E-state index contributed by atoms with van der Waals surface area (Å²) >= 11 is 5.88. The Hall–Kier alpha value is -1.35. The van der Waals surface area contributed by atoms with Gasteiger partial charge >= 0.3 is 0 Å². The quantitative estimate of drug-likeness (QED) is 0.766. The Bertz CT molecular complexity index is 453. The monoisotopic (exact) mass is 236 g/mol. The first-order valence-electron chi connectivity index (χ1n) is 5.21. The number of halogens is 1. The van der Waals surface area contributed by atoms with Crippen molar-refractivity contribution >= 4 is 11.6 Å². The number of benzene rings is 1. The Morgan fingerprint density at radius 2 is 1.88 bits per heavy atom. The van der Waals surface area contributed by atoms with E-state index < -0.39 is 0 Å². The first kappa shape index (κ1) is 11.1. The maximum Gasteiger partial charge on any atom is 0.233 e. The van der Waals surface area contributed by atoms with Gasteiger partial charge < -0.3 is 4.52 Å². The summed E-state index contributed by atoms with van der Waals surface area (Å²) in [5, 5.41) is 3.62. The van der Waals surface area contributed by atoms with Crippen LogP contribution in [0.4, 0.5) is 0 Å². The lowest BCUT2D eigenvalue weighted by Gasteiger charge is -2.05. The van der Waals surface area contributed by atoms with Crippen molar-refractivity contribution < 1.29 is 4.52 Å². The lowest BCUT2D eigenvalue weighted by atomic mass is 10.0. The second kappa shape index (κ2) is 4.66. The Morgan fingerprint density at radius 1 is 1.19 bits per heavy atom. The van der Waals surface area contributed by atoms with Gasteiger partial charge in [-0.05, 0) is 19.4 Å². The minimum atomic E-state index is -0.222. The molecule has 2 rings (SSSR count). The maximum absolute atomic E-state index is 5.88. The summed E-state index contributed by atoms with van der Waals surface area (Å²) in [7, 11) is 0. The number of aromatic nitrogens is 2. The fourth-order valence-electron chi connectivity index (χ4n) is 1.47. The number of hydrogen-bond acceptors (Lipinski definition) is 3. The van der Waals surface area contributed by atoms with E-state index >= 15 is 0 Å². The fourth-order valence-corrected chi connectivity index (χ4v) is 1.56. The molecule has 4 heteroatoms. The highest BCUT2D eigenvalue weighted by Crippen LogP contribution is 2.24. The van der Waals surface area contributed by atoms with Gasteiger partial charge in [0.05, 0.1) is 11.3 Å². The van der Waals surface area contributed by atoms with Crippen molar-refractivity contribution in [1.82, 2.24) is 10.1 Å². The second-order valence-corrected chi connectivity index (χ2v) is 4.39. The van der Waals surface area contributed by atoms with Crippen LogP contribution in [-0.4, -0.2) is 10.1 Å². The summed E-state index contributed by atoms with van der Waals surface area (Å²) in [5.41, 5.74) is 1.15. The highest BCUT2D eigenvalue weighted by atomic mass is 35.5. The predicted octanol–water partition coefficient (Wildman–Crippen LogP) is 3.52. The van der Waals surface area contributed by atoms with E-state index in [1.54, 1.807) is 0 Å². The lowest BCUT2D eigenvalue weighted by Crippen LogP contribution is -1.96. The average Bonchev–Trinajstić information content (AvgIpc) is 2.78. The van der Waals surface area contributed by atoms with E-state index in [4.69, 9.17) is 16.1 Å². The van der Waals surface area contributed by atoms with Gasteiger partial charge in [-0.15, -0.1) is 11.6 Å². The van der Waals surface area contributed by atoms with E-state index in [1.165, 1.54) is 0 Å². The highest BCUT2D eigenvalue weighted by Gasteiger charge is 2.17. The van der Waals surface area contributed by atoms with Crippen molar-refractivity contribution in [2.24, 2.45) is 0 Å². The van der Waals surface area contributed by atoms with E-state index in [1.807, 2.05) is 44.2 Å². The molecule has 2 unspecified atom stereocenters. The van der Waals surface area contributed by atoms with E-state index in [0.29, 0.717) is 11.7 Å². The molecular formula is C12H13ClN2O. The van der Waals surface area contributed by atoms with Gasteiger partial charge in [-0.1, -0.05) is 35.5 Å². The first-order valence-corrected chi connectivity index (χ1v) is 5.64. The molecule has 0 saturated carbocycles. The summed E-state index contributed by atoms with van der Waals surface area (Å²) in [6, 6.07) is 10.0. The van der Waals surface area contributed by atoms with Crippen molar-refractivity contribution in [2.45, 2.75) is 25.1 Å². The van der Waals surface area contributed by atoms with Crippen LogP contribution in [0.3, 0.4) is 0 Å². The van der Waals surface area contributed by atoms with Gasteiger partial charge in [0, 0.05) is 0 Å². The van der Waals surface area contributed by atoms with E-state index in [0.717, 1.165) is 5.56 Å². The first-order chi connectivity index (χ1) is 7.68. The molecular weight excluding hydrogens is 224 g/mol. The Labute approximate surface area is 99.4 Å². The third-order valence-corrected chi connectivity index (χ3v) is 2.68. The van der Waals surface area contributed by atoms with Crippen molar-refractivity contribution in [3.05, 3.63) is 47.6 Å². The summed E-state index contributed by atoms with van der Waals surface area (Å²) in [6.45, 7) is 3.86. The standard InChI is InChI=1S/C12H13ClN2O/c1-8(10-6-4-3-5-7-10)12-14-11(9(2)13)15-16-12/h3-9H,1-2H3.